The summed E-state index contributed by atoms with van der Waals surface area (Å²) < 4.78 is 15.0. The molecule has 0 unspecified atom stereocenters. The Morgan fingerprint density at radius 3 is 2.30 bits per heavy atom. The van der Waals surface area contributed by atoms with Crippen molar-refractivity contribution < 1.29 is 18.8 Å². The minimum atomic E-state index is -0.842. The first kappa shape index (κ1) is 26.5. The molecule has 3 atom stereocenters. The number of carbonyl (C=O) groups excluding carboxylic acids is 3. The van der Waals surface area contributed by atoms with Crippen molar-refractivity contribution >= 4 is 63.8 Å². The molecule has 11 heteroatoms. The summed E-state index contributed by atoms with van der Waals surface area (Å²) >= 11 is 8.22. The third kappa shape index (κ3) is 4.66. The van der Waals surface area contributed by atoms with Crippen molar-refractivity contribution in [2.45, 2.75) is 29.7 Å². The zero-order valence-electron chi connectivity index (χ0n) is 21.0. The number of anilines is 2. The van der Waals surface area contributed by atoms with E-state index in [0.29, 0.717) is 20.6 Å². The van der Waals surface area contributed by atoms with E-state index >= 15 is 0 Å². The monoisotopic (exact) mass is 593 g/mol. The molecule has 7 nitrogen and oxygen atoms in total. The van der Waals surface area contributed by atoms with Gasteiger partial charge >= 0.3 is 4.87 Å². The molecule has 1 N–H and O–H groups in total. The number of benzene rings is 3. The highest BCUT2D eigenvalue weighted by Crippen LogP contribution is 2.53. The zero-order chi connectivity index (χ0) is 28.1. The average molecular weight is 594 g/mol. The predicted octanol–water partition coefficient (Wildman–Crippen LogP) is 5.45. The molecule has 0 bridgehead atoms. The van der Waals surface area contributed by atoms with Crippen molar-refractivity contribution in [3.63, 3.8) is 0 Å². The van der Waals surface area contributed by atoms with E-state index < -0.39 is 34.7 Å². The van der Waals surface area contributed by atoms with Crippen LogP contribution in [0.15, 0.2) is 82.6 Å². The normalized spacial score (nSPS) is 19.9. The number of rotatable bonds is 5. The van der Waals surface area contributed by atoms with E-state index in [1.807, 2.05) is 19.1 Å². The van der Waals surface area contributed by atoms with Crippen LogP contribution in [0.25, 0.3) is 0 Å². The number of aryl methyl sites for hydroxylation is 1. The van der Waals surface area contributed by atoms with Gasteiger partial charge in [0.25, 0.3) is 0 Å². The van der Waals surface area contributed by atoms with E-state index in [0.717, 1.165) is 39.1 Å². The fourth-order valence-corrected chi connectivity index (χ4v) is 8.01. The lowest BCUT2D eigenvalue weighted by molar-refractivity contribution is -0.122. The number of nitrogens with one attached hydrogen (secondary N) is 1. The van der Waals surface area contributed by atoms with Crippen LogP contribution >= 0.6 is 34.7 Å². The van der Waals surface area contributed by atoms with Crippen LogP contribution in [0.5, 0.6) is 0 Å². The van der Waals surface area contributed by atoms with E-state index in [9.17, 15) is 23.6 Å². The molecule has 2 aliphatic rings. The Balaban J connectivity index is 1.40. The number of carbonyl (C=O) groups is 3. The van der Waals surface area contributed by atoms with Gasteiger partial charge in [0.1, 0.15) is 17.6 Å². The van der Waals surface area contributed by atoms with Gasteiger partial charge in [-0.05, 0) is 61.0 Å². The molecule has 202 valence electrons. The summed E-state index contributed by atoms with van der Waals surface area (Å²) in [5, 5.41) is 2.96. The lowest BCUT2D eigenvalue weighted by Crippen LogP contribution is -2.33. The maximum Gasteiger partial charge on any atom is 0.308 e. The molecule has 1 fully saturated rings. The Kier molecular flexibility index (Phi) is 6.85. The second-order valence-electron chi connectivity index (χ2n) is 9.62. The van der Waals surface area contributed by atoms with Crippen LogP contribution in [-0.4, -0.2) is 27.5 Å². The third-order valence-electron chi connectivity index (χ3n) is 7.00. The summed E-state index contributed by atoms with van der Waals surface area (Å²) in [5.74, 6) is -3.17. The van der Waals surface area contributed by atoms with Crippen LogP contribution in [0, 0.1) is 18.7 Å². The van der Waals surface area contributed by atoms with Crippen LogP contribution in [-0.2, 0) is 20.9 Å². The standard InChI is InChI=1S/C29H21ClFN3O4S2/c1-15-2-10-19(11-3-15)32-21(35)14-33-28-25(40-29(33)38)22(16-4-6-17(30)7-5-16)23-24(39-28)27(37)34(26(23)36)20-12-8-18(31)9-13-20/h2-13,22-24H,14H2,1H3,(H,32,35)/t22-,23-,24+/m0/s1. The van der Waals surface area contributed by atoms with Crippen molar-refractivity contribution in [2.75, 3.05) is 10.2 Å². The topological polar surface area (TPSA) is 88.5 Å². The molecule has 6 rings (SSSR count). The van der Waals surface area contributed by atoms with Gasteiger partial charge in [-0.2, -0.15) is 0 Å². The summed E-state index contributed by atoms with van der Waals surface area (Å²) in [6.45, 7) is 1.69. The number of fused-ring (bicyclic) bond motifs is 2. The smallest absolute Gasteiger partial charge is 0.308 e. The van der Waals surface area contributed by atoms with Gasteiger partial charge < -0.3 is 5.32 Å². The van der Waals surface area contributed by atoms with Crippen LogP contribution < -0.4 is 15.1 Å². The molecule has 2 aliphatic heterocycles. The maximum atomic E-state index is 13.8. The lowest BCUT2D eigenvalue weighted by Gasteiger charge is -2.30. The maximum absolute atomic E-state index is 13.8. The Bertz CT molecular complexity index is 1700. The number of aromatic nitrogens is 1. The summed E-state index contributed by atoms with van der Waals surface area (Å²) in [6, 6.07) is 19.4. The minimum absolute atomic E-state index is 0.250. The predicted molar refractivity (Wildman–Crippen MR) is 154 cm³/mol. The van der Waals surface area contributed by atoms with Gasteiger partial charge in [0, 0.05) is 21.5 Å². The number of thiazole rings is 1. The Hall–Kier alpha value is -3.73. The molecule has 0 radical (unpaired) electrons. The molecule has 0 aliphatic carbocycles. The summed E-state index contributed by atoms with van der Waals surface area (Å²) in [7, 11) is 0. The average Bonchev–Trinajstić information content (AvgIpc) is 3.37. The first-order valence-electron chi connectivity index (χ1n) is 12.4. The van der Waals surface area contributed by atoms with Crippen LogP contribution in [0.1, 0.15) is 21.9 Å². The van der Waals surface area contributed by atoms with E-state index in [1.54, 1.807) is 36.4 Å². The van der Waals surface area contributed by atoms with Gasteiger partial charge in [-0.15, -0.1) is 0 Å². The van der Waals surface area contributed by atoms with E-state index in [1.165, 1.54) is 28.8 Å². The quantitative estimate of drug-likeness (QED) is 0.311. The molecular weight excluding hydrogens is 573 g/mol. The number of imide groups is 1. The summed E-state index contributed by atoms with van der Waals surface area (Å²) in [5.41, 5.74) is 2.65. The summed E-state index contributed by atoms with van der Waals surface area (Å²) in [4.78, 5) is 55.0. The highest BCUT2D eigenvalue weighted by atomic mass is 35.5. The Morgan fingerprint density at radius 2 is 1.62 bits per heavy atom. The van der Waals surface area contributed by atoms with Gasteiger partial charge in [0.15, 0.2) is 0 Å². The Labute approximate surface area is 241 Å². The van der Waals surface area contributed by atoms with E-state index in [2.05, 4.69) is 5.32 Å². The van der Waals surface area contributed by atoms with Crippen molar-refractivity contribution in [3.8, 4) is 0 Å². The molecule has 3 aromatic carbocycles. The molecule has 1 aromatic heterocycles. The van der Waals surface area contributed by atoms with Gasteiger partial charge in [-0.1, -0.05) is 64.5 Å². The number of hydrogen-bond donors (Lipinski definition) is 1. The number of thioether (sulfide) groups is 1. The molecule has 1 saturated heterocycles. The van der Waals surface area contributed by atoms with E-state index in [4.69, 9.17) is 11.6 Å². The fourth-order valence-electron chi connectivity index (χ4n) is 5.11. The zero-order valence-corrected chi connectivity index (χ0v) is 23.4. The molecule has 3 amide bonds. The van der Waals surface area contributed by atoms with Crippen molar-refractivity contribution in [3.05, 3.63) is 109 Å². The van der Waals surface area contributed by atoms with Crippen LogP contribution in [0.4, 0.5) is 15.8 Å². The molecule has 0 saturated carbocycles. The highest BCUT2D eigenvalue weighted by Gasteiger charge is 2.56. The number of amides is 3. The van der Waals surface area contributed by atoms with Gasteiger partial charge in [0.05, 0.1) is 16.6 Å². The molecule has 0 spiro atoms. The SMILES string of the molecule is Cc1ccc(NC(=O)Cn2c3c(sc2=O)[C@@H](c2ccc(Cl)cc2)[C@@H]2C(=O)N(c4ccc(F)cc4)C(=O)[C@@H]2S3)cc1. The van der Waals surface area contributed by atoms with Crippen molar-refractivity contribution in [1.82, 2.24) is 4.57 Å². The number of halogens is 2. The fraction of sp³-hybridized carbons (Fsp3) is 0.172. The molecule has 3 heterocycles. The third-order valence-corrected chi connectivity index (χ3v) is 9.86. The second-order valence-corrected chi connectivity index (χ2v) is 12.2. The number of hydrogen-bond acceptors (Lipinski definition) is 6. The van der Waals surface area contributed by atoms with Gasteiger partial charge in [0.2, 0.25) is 17.7 Å². The van der Waals surface area contributed by atoms with E-state index in [-0.39, 0.29) is 23.0 Å². The van der Waals surface area contributed by atoms with Gasteiger partial charge in [-0.25, -0.2) is 9.29 Å². The van der Waals surface area contributed by atoms with Crippen LogP contribution in [0.2, 0.25) is 5.02 Å². The number of nitrogens with zero attached hydrogens (tertiary/aromatic N) is 2. The van der Waals surface area contributed by atoms with Gasteiger partial charge in [-0.3, -0.25) is 23.7 Å². The Morgan fingerprint density at radius 1 is 0.950 bits per heavy atom. The van der Waals surface area contributed by atoms with Crippen molar-refractivity contribution in [1.29, 1.82) is 0 Å². The minimum Gasteiger partial charge on any atom is -0.325 e. The molecule has 40 heavy (non-hydrogen) atoms. The lowest BCUT2D eigenvalue weighted by atomic mass is 9.83. The summed E-state index contributed by atoms with van der Waals surface area (Å²) in [6.07, 6.45) is 0. The molecular formula is C29H21ClFN3O4S2. The molecule has 4 aromatic rings. The first-order valence-corrected chi connectivity index (χ1v) is 14.4. The largest absolute Gasteiger partial charge is 0.325 e. The second kappa shape index (κ2) is 10.3. The highest BCUT2D eigenvalue weighted by molar-refractivity contribution is 8.00. The van der Waals surface area contributed by atoms with Crippen molar-refractivity contribution in [2.24, 2.45) is 5.92 Å². The van der Waals surface area contributed by atoms with Crippen LogP contribution in [0.3, 0.4) is 0 Å². The first-order chi connectivity index (χ1) is 19.2.